The molecule has 2 rings (SSSR count). The van der Waals surface area contributed by atoms with Crippen LogP contribution in [0.2, 0.25) is 0 Å². The zero-order chi connectivity index (χ0) is 10.7. The number of benzene rings is 1. The van der Waals surface area contributed by atoms with E-state index in [4.69, 9.17) is 0 Å². The third kappa shape index (κ3) is 1.73. The van der Waals surface area contributed by atoms with Gasteiger partial charge in [-0.1, -0.05) is 30.4 Å². The van der Waals surface area contributed by atoms with Crippen LogP contribution in [0.3, 0.4) is 0 Å². The molecule has 0 saturated heterocycles. The summed E-state index contributed by atoms with van der Waals surface area (Å²) in [6, 6.07) is 8.45. The molecule has 0 N–H and O–H groups in total. The van der Waals surface area contributed by atoms with Gasteiger partial charge in [0.25, 0.3) is 0 Å². The number of nitrogens with zero attached hydrogens (tertiary/aromatic N) is 1. The predicted molar refractivity (Wildman–Crippen MR) is 66.0 cm³/mol. The first-order valence-electron chi connectivity index (χ1n) is 5.15. The minimum atomic E-state index is 0.859. The SMILES string of the molecule is C=CCc1cn(CC=C)c2ccccc12. The van der Waals surface area contributed by atoms with Crippen molar-refractivity contribution in [3.8, 4) is 0 Å². The van der Waals surface area contributed by atoms with Crippen LogP contribution in [-0.2, 0) is 13.0 Å². The molecule has 0 radical (unpaired) electrons. The number of allylic oxidation sites excluding steroid dienone is 2. The molecule has 1 aromatic carbocycles. The molecule has 1 nitrogen and oxygen atoms in total. The van der Waals surface area contributed by atoms with Crippen molar-refractivity contribution in [3.63, 3.8) is 0 Å². The maximum atomic E-state index is 3.79. The zero-order valence-corrected chi connectivity index (χ0v) is 8.82. The Hall–Kier alpha value is -1.76. The zero-order valence-electron chi connectivity index (χ0n) is 8.82. The molecule has 0 unspecified atom stereocenters. The molecule has 1 heterocycles. The lowest BCUT2D eigenvalue weighted by Crippen LogP contribution is -1.91. The van der Waals surface area contributed by atoms with Crippen molar-refractivity contribution in [2.75, 3.05) is 0 Å². The highest BCUT2D eigenvalue weighted by Crippen LogP contribution is 2.21. The highest BCUT2D eigenvalue weighted by molar-refractivity contribution is 5.84. The van der Waals surface area contributed by atoms with Crippen LogP contribution in [0.1, 0.15) is 5.56 Å². The van der Waals surface area contributed by atoms with E-state index in [1.807, 2.05) is 12.2 Å². The lowest BCUT2D eigenvalue weighted by molar-refractivity contribution is 0.860. The molecule has 76 valence electrons. The van der Waals surface area contributed by atoms with Crippen LogP contribution in [-0.4, -0.2) is 4.57 Å². The van der Waals surface area contributed by atoms with Gasteiger partial charge in [0.05, 0.1) is 0 Å². The molecule has 0 aliphatic carbocycles. The minimum absolute atomic E-state index is 0.859. The number of hydrogen-bond donors (Lipinski definition) is 0. The van der Waals surface area contributed by atoms with E-state index >= 15 is 0 Å². The van der Waals surface area contributed by atoms with Gasteiger partial charge in [0.2, 0.25) is 0 Å². The standard InChI is InChI=1S/C14H15N/c1-3-7-12-11-15(10-4-2)14-9-6-5-8-13(12)14/h3-6,8-9,11H,1-2,7,10H2. The average molecular weight is 197 g/mol. The molecule has 0 amide bonds. The molecule has 0 atom stereocenters. The Bertz CT molecular complexity index is 447. The first-order valence-corrected chi connectivity index (χ1v) is 5.15. The number of rotatable bonds is 4. The lowest BCUT2D eigenvalue weighted by Gasteiger charge is -1.99. The second-order valence-electron chi connectivity index (χ2n) is 3.61. The van der Waals surface area contributed by atoms with Gasteiger partial charge in [-0.25, -0.2) is 0 Å². The van der Waals surface area contributed by atoms with E-state index < -0.39 is 0 Å². The van der Waals surface area contributed by atoms with Gasteiger partial charge in [-0.3, -0.25) is 0 Å². The summed E-state index contributed by atoms with van der Waals surface area (Å²) < 4.78 is 2.22. The fourth-order valence-corrected chi connectivity index (χ4v) is 1.93. The summed E-state index contributed by atoms with van der Waals surface area (Å²) in [5.74, 6) is 0. The molecule has 15 heavy (non-hydrogen) atoms. The van der Waals surface area contributed by atoms with Gasteiger partial charge in [-0.2, -0.15) is 0 Å². The maximum Gasteiger partial charge on any atom is 0.0486 e. The Kier molecular flexibility index (Phi) is 2.72. The summed E-state index contributed by atoms with van der Waals surface area (Å²) in [7, 11) is 0. The van der Waals surface area contributed by atoms with Gasteiger partial charge >= 0.3 is 0 Å². The Morgan fingerprint density at radius 2 is 1.93 bits per heavy atom. The number of para-hydroxylation sites is 1. The van der Waals surface area contributed by atoms with Crippen molar-refractivity contribution in [2.45, 2.75) is 13.0 Å². The predicted octanol–water partition coefficient (Wildman–Crippen LogP) is 3.56. The number of fused-ring (bicyclic) bond motifs is 1. The van der Waals surface area contributed by atoms with E-state index in [9.17, 15) is 0 Å². The Morgan fingerprint density at radius 3 is 2.67 bits per heavy atom. The fourth-order valence-electron chi connectivity index (χ4n) is 1.93. The molecule has 1 heteroatoms. The van der Waals surface area contributed by atoms with E-state index in [2.05, 4.69) is 48.2 Å². The summed E-state index contributed by atoms with van der Waals surface area (Å²) in [5, 5.41) is 1.32. The van der Waals surface area contributed by atoms with E-state index in [-0.39, 0.29) is 0 Å². The van der Waals surface area contributed by atoms with E-state index in [0.29, 0.717) is 0 Å². The van der Waals surface area contributed by atoms with Crippen molar-refractivity contribution in [2.24, 2.45) is 0 Å². The van der Waals surface area contributed by atoms with Gasteiger partial charge in [0.15, 0.2) is 0 Å². The highest BCUT2D eigenvalue weighted by Gasteiger charge is 2.04. The molecule has 0 fully saturated rings. The van der Waals surface area contributed by atoms with E-state index in [0.717, 1.165) is 13.0 Å². The van der Waals surface area contributed by atoms with Gasteiger partial charge in [0.1, 0.15) is 0 Å². The van der Waals surface area contributed by atoms with Crippen LogP contribution < -0.4 is 0 Å². The quantitative estimate of drug-likeness (QED) is 0.660. The highest BCUT2D eigenvalue weighted by atomic mass is 14.9. The first-order chi connectivity index (χ1) is 7.36. The molecule has 0 bridgehead atoms. The van der Waals surface area contributed by atoms with Crippen molar-refractivity contribution in [3.05, 3.63) is 61.3 Å². The fraction of sp³-hybridized carbons (Fsp3) is 0.143. The molecule has 0 aliphatic rings. The second kappa shape index (κ2) is 4.18. The van der Waals surface area contributed by atoms with Gasteiger partial charge in [-0.15, -0.1) is 13.2 Å². The molecular weight excluding hydrogens is 182 g/mol. The Morgan fingerprint density at radius 1 is 1.13 bits per heavy atom. The molecule has 0 aliphatic heterocycles. The topological polar surface area (TPSA) is 4.93 Å². The largest absolute Gasteiger partial charge is 0.343 e. The van der Waals surface area contributed by atoms with Crippen LogP contribution >= 0.6 is 0 Å². The molecule has 0 spiro atoms. The normalized spacial score (nSPS) is 10.4. The third-order valence-corrected chi connectivity index (χ3v) is 2.56. The Balaban J connectivity index is 2.61. The van der Waals surface area contributed by atoms with Crippen LogP contribution in [0.5, 0.6) is 0 Å². The maximum absolute atomic E-state index is 3.79. The summed E-state index contributed by atoms with van der Waals surface area (Å²) in [5.41, 5.74) is 2.61. The van der Waals surface area contributed by atoms with Crippen molar-refractivity contribution in [1.29, 1.82) is 0 Å². The summed E-state index contributed by atoms with van der Waals surface area (Å²) in [6.07, 6.45) is 6.98. The van der Waals surface area contributed by atoms with Gasteiger partial charge in [0, 0.05) is 23.6 Å². The van der Waals surface area contributed by atoms with Crippen molar-refractivity contribution < 1.29 is 0 Å². The van der Waals surface area contributed by atoms with Gasteiger partial charge < -0.3 is 4.57 Å². The summed E-state index contributed by atoms with van der Waals surface area (Å²) in [4.78, 5) is 0. The van der Waals surface area contributed by atoms with Gasteiger partial charge in [-0.05, 0) is 18.1 Å². The van der Waals surface area contributed by atoms with Crippen LogP contribution in [0.25, 0.3) is 10.9 Å². The third-order valence-electron chi connectivity index (χ3n) is 2.56. The summed E-state index contributed by atoms with van der Waals surface area (Å²) in [6.45, 7) is 8.42. The molecular formula is C14H15N. The first kappa shape index (κ1) is 9.78. The smallest absolute Gasteiger partial charge is 0.0486 e. The van der Waals surface area contributed by atoms with E-state index in [1.54, 1.807) is 0 Å². The lowest BCUT2D eigenvalue weighted by atomic mass is 10.1. The molecule has 0 saturated carbocycles. The Labute approximate surface area is 90.3 Å². The van der Waals surface area contributed by atoms with Crippen LogP contribution in [0.4, 0.5) is 0 Å². The van der Waals surface area contributed by atoms with Crippen molar-refractivity contribution >= 4 is 10.9 Å². The second-order valence-corrected chi connectivity index (χ2v) is 3.61. The number of aromatic nitrogens is 1. The van der Waals surface area contributed by atoms with Crippen LogP contribution in [0, 0.1) is 0 Å². The van der Waals surface area contributed by atoms with Crippen molar-refractivity contribution in [1.82, 2.24) is 4.57 Å². The monoisotopic (exact) mass is 197 g/mol. The average Bonchev–Trinajstić information content (AvgIpc) is 2.59. The van der Waals surface area contributed by atoms with E-state index in [1.165, 1.54) is 16.5 Å². The minimum Gasteiger partial charge on any atom is -0.343 e. The summed E-state index contributed by atoms with van der Waals surface area (Å²) >= 11 is 0. The molecule has 1 aromatic heterocycles. The van der Waals surface area contributed by atoms with Crippen LogP contribution in [0.15, 0.2) is 55.8 Å². The molecule has 2 aromatic rings. The number of hydrogen-bond acceptors (Lipinski definition) is 0.